The van der Waals surface area contributed by atoms with Crippen molar-refractivity contribution < 1.29 is 19.8 Å². The van der Waals surface area contributed by atoms with E-state index in [0.717, 1.165) is 0 Å². The summed E-state index contributed by atoms with van der Waals surface area (Å²) in [6.07, 6.45) is 3.43. The average Bonchev–Trinajstić information content (AvgIpc) is 2.68. The van der Waals surface area contributed by atoms with Crippen LogP contribution >= 0.6 is 0 Å². The first-order valence-corrected chi connectivity index (χ1v) is 4.99. The summed E-state index contributed by atoms with van der Waals surface area (Å²) in [5.41, 5.74) is 0.826. The topological polar surface area (TPSA) is 91.9 Å². The van der Waals surface area contributed by atoms with Crippen LogP contribution in [-0.2, 0) is 11.2 Å². The lowest BCUT2D eigenvalue weighted by Crippen LogP contribution is -2.02. The lowest BCUT2D eigenvalue weighted by molar-refractivity contribution is -0.137. The van der Waals surface area contributed by atoms with Gasteiger partial charge in [-0.25, -0.2) is 9.78 Å². The Balaban J connectivity index is 2.34. The molecule has 0 saturated carbocycles. The normalized spacial score (nSPS) is 10.6. The largest absolute Gasteiger partial charge is 0.481 e. The smallest absolute Gasteiger partial charge is 0.335 e. The lowest BCUT2D eigenvalue weighted by Gasteiger charge is -2.00. The van der Waals surface area contributed by atoms with Gasteiger partial charge < -0.3 is 14.6 Å². The van der Waals surface area contributed by atoms with Crippen LogP contribution in [0.15, 0.2) is 24.5 Å². The van der Waals surface area contributed by atoms with Crippen molar-refractivity contribution in [2.45, 2.75) is 12.8 Å². The second-order valence-corrected chi connectivity index (χ2v) is 3.58. The maximum Gasteiger partial charge on any atom is 0.335 e. The van der Waals surface area contributed by atoms with E-state index < -0.39 is 11.9 Å². The SMILES string of the molecule is O=C(O)CCc1ncc2cc(C(=O)O)ccn12. The number of fused-ring (bicyclic) bond motifs is 1. The molecule has 17 heavy (non-hydrogen) atoms. The number of nitrogens with zero attached hydrogens (tertiary/aromatic N) is 2. The molecule has 2 aromatic rings. The summed E-state index contributed by atoms with van der Waals surface area (Å²) in [4.78, 5) is 25.3. The maximum atomic E-state index is 10.8. The summed E-state index contributed by atoms with van der Waals surface area (Å²) >= 11 is 0. The van der Waals surface area contributed by atoms with Gasteiger partial charge in [0.1, 0.15) is 5.82 Å². The number of pyridine rings is 1. The number of hydrogen-bond donors (Lipinski definition) is 2. The molecule has 0 fully saturated rings. The van der Waals surface area contributed by atoms with Gasteiger partial charge in [-0.1, -0.05) is 0 Å². The summed E-state index contributed by atoms with van der Waals surface area (Å²) in [5, 5.41) is 17.4. The number of carboxylic acids is 2. The number of imidazole rings is 1. The number of aromatic carboxylic acids is 1. The van der Waals surface area contributed by atoms with E-state index in [1.165, 1.54) is 18.3 Å². The Morgan fingerprint density at radius 2 is 2.12 bits per heavy atom. The Morgan fingerprint density at radius 1 is 1.35 bits per heavy atom. The minimum Gasteiger partial charge on any atom is -0.481 e. The summed E-state index contributed by atoms with van der Waals surface area (Å²) in [5.74, 6) is -1.27. The Morgan fingerprint density at radius 3 is 2.76 bits per heavy atom. The summed E-state index contributed by atoms with van der Waals surface area (Å²) < 4.78 is 1.69. The van der Waals surface area contributed by atoms with E-state index in [4.69, 9.17) is 10.2 Å². The van der Waals surface area contributed by atoms with Crippen LogP contribution in [-0.4, -0.2) is 31.5 Å². The summed E-state index contributed by atoms with van der Waals surface area (Å²) in [7, 11) is 0. The van der Waals surface area contributed by atoms with E-state index in [2.05, 4.69) is 4.98 Å². The van der Waals surface area contributed by atoms with Crippen LogP contribution in [0.2, 0.25) is 0 Å². The van der Waals surface area contributed by atoms with Crippen LogP contribution in [0.25, 0.3) is 5.52 Å². The van der Waals surface area contributed by atoms with Gasteiger partial charge in [0, 0.05) is 12.6 Å². The van der Waals surface area contributed by atoms with Crippen molar-refractivity contribution >= 4 is 17.5 Å². The molecule has 0 atom stereocenters. The van der Waals surface area contributed by atoms with Gasteiger partial charge in [0.05, 0.1) is 23.7 Å². The second-order valence-electron chi connectivity index (χ2n) is 3.58. The Labute approximate surface area is 96.1 Å². The molecule has 0 aliphatic heterocycles. The Kier molecular flexibility index (Phi) is 2.78. The van der Waals surface area contributed by atoms with Crippen LogP contribution in [0.4, 0.5) is 0 Å². The average molecular weight is 234 g/mol. The third-order valence-electron chi connectivity index (χ3n) is 2.42. The zero-order valence-electron chi connectivity index (χ0n) is 8.83. The molecule has 0 aromatic carbocycles. The highest BCUT2D eigenvalue weighted by Crippen LogP contribution is 2.11. The molecule has 2 N–H and O–H groups in total. The zero-order chi connectivity index (χ0) is 12.4. The quantitative estimate of drug-likeness (QED) is 0.824. The molecule has 2 aromatic heterocycles. The highest BCUT2D eigenvalue weighted by molar-refractivity contribution is 5.88. The molecule has 0 spiro atoms. The van der Waals surface area contributed by atoms with Gasteiger partial charge in [-0.2, -0.15) is 0 Å². The predicted molar refractivity (Wildman–Crippen MR) is 58.1 cm³/mol. The van der Waals surface area contributed by atoms with Crippen LogP contribution in [0.3, 0.4) is 0 Å². The highest BCUT2D eigenvalue weighted by Gasteiger charge is 2.08. The van der Waals surface area contributed by atoms with E-state index in [1.54, 1.807) is 10.6 Å². The number of aliphatic carboxylic acids is 1. The number of hydrogen-bond acceptors (Lipinski definition) is 3. The lowest BCUT2D eigenvalue weighted by atomic mass is 10.2. The van der Waals surface area contributed by atoms with Gasteiger partial charge >= 0.3 is 11.9 Å². The fourth-order valence-corrected chi connectivity index (χ4v) is 1.59. The van der Waals surface area contributed by atoms with Gasteiger partial charge in [0.2, 0.25) is 0 Å². The Bertz CT molecular complexity index is 588. The van der Waals surface area contributed by atoms with Crippen LogP contribution < -0.4 is 0 Å². The van der Waals surface area contributed by atoms with Crippen molar-refractivity contribution in [2.24, 2.45) is 0 Å². The first-order chi connectivity index (χ1) is 8.08. The molecule has 0 saturated heterocycles. The van der Waals surface area contributed by atoms with Crippen LogP contribution in [0, 0.1) is 0 Å². The van der Waals surface area contributed by atoms with Gasteiger partial charge in [-0.05, 0) is 12.1 Å². The van der Waals surface area contributed by atoms with Crippen molar-refractivity contribution in [1.82, 2.24) is 9.38 Å². The summed E-state index contributed by atoms with van der Waals surface area (Å²) in [6, 6.07) is 2.96. The van der Waals surface area contributed by atoms with Gasteiger partial charge in [-0.3, -0.25) is 4.79 Å². The Hall–Kier alpha value is -2.37. The molecule has 0 unspecified atom stereocenters. The maximum absolute atomic E-state index is 10.8. The van der Waals surface area contributed by atoms with Crippen LogP contribution in [0.5, 0.6) is 0 Å². The molecule has 0 aliphatic carbocycles. The van der Waals surface area contributed by atoms with Gasteiger partial charge in [-0.15, -0.1) is 0 Å². The molecular weight excluding hydrogens is 224 g/mol. The molecule has 0 radical (unpaired) electrons. The monoisotopic (exact) mass is 234 g/mol. The molecular formula is C11H10N2O4. The second kappa shape index (κ2) is 4.25. The molecule has 6 nitrogen and oxygen atoms in total. The predicted octanol–water partition coefficient (Wildman–Crippen LogP) is 1.05. The first kappa shape index (κ1) is 11.1. The zero-order valence-corrected chi connectivity index (χ0v) is 8.83. The minimum atomic E-state index is -0.999. The van der Waals surface area contributed by atoms with Gasteiger partial charge in [0.25, 0.3) is 0 Å². The fraction of sp³-hybridized carbons (Fsp3) is 0.182. The standard InChI is InChI=1S/C11H10N2O4/c14-10(15)2-1-9-12-6-8-5-7(11(16)17)3-4-13(8)9/h3-6H,1-2H2,(H,14,15)(H,16,17). The number of carboxylic acid groups (broad SMARTS) is 2. The number of aryl methyl sites for hydroxylation is 1. The molecule has 0 amide bonds. The van der Waals surface area contributed by atoms with E-state index in [-0.39, 0.29) is 12.0 Å². The van der Waals surface area contributed by atoms with Crippen molar-refractivity contribution in [2.75, 3.05) is 0 Å². The molecule has 0 aliphatic rings. The number of aromatic nitrogens is 2. The summed E-state index contributed by atoms with van der Waals surface area (Å²) in [6.45, 7) is 0. The molecule has 88 valence electrons. The van der Waals surface area contributed by atoms with Gasteiger partial charge in [0.15, 0.2) is 0 Å². The fourth-order valence-electron chi connectivity index (χ4n) is 1.59. The molecule has 2 heterocycles. The van der Waals surface area contributed by atoms with E-state index in [1.807, 2.05) is 0 Å². The van der Waals surface area contributed by atoms with Crippen LogP contribution in [0.1, 0.15) is 22.6 Å². The third kappa shape index (κ3) is 2.25. The minimum absolute atomic E-state index is 0.000203. The number of rotatable bonds is 4. The van der Waals surface area contributed by atoms with E-state index in [9.17, 15) is 9.59 Å². The third-order valence-corrected chi connectivity index (χ3v) is 2.42. The van der Waals surface area contributed by atoms with Crippen molar-refractivity contribution in [3.05, 3.63) is 35.9 Å². The molecule has 2 rings (SSSR count). The van der Waals surface area contributed by atoms with Crippen molar-refractivity contribution in [3.8, 4) is 0 Å². The first-order valence-electron chi connectivity index (χ1n) is 4.99. The van der Waals surface area contributed by atoms with E-state index >= 15 is 0 Å². The molecule has 6 heteroatoms. The molecule has 0 bridgehead atoms. The van der Waals surface area contributed by atoms with Crippen molar-refractivity contribution in [1.29, 1.82) is 0 Å². The number of carbonyl (C=O) groups is 2. The van der Waals surface area contributed by atoms with E-state index in [0.29, 0.717) is 17.8 Å². The van der Waals surface area contributed by atoms with Crippen molar-refractivity contribution in [3.63, 3.8) is 0 Å². The highest BCUT2D eigenvalue weighted by atomic mass is 16.4.